The first-order chi connectivity index (χ1) is 7.33. The van der Waals surface area contributed by atoms with E-state index in [4.69, 9.17) is 5.53 Å². The van der Waals surface area contributed by atoms with Gasteiger partial charge in [-0.3, -0.25) is 4.98 Å². The molecule has 0 spiro atoms. The molecule has 1 aromatic rings. The van der Waals surface area contributed by atoms with Crippen LogP contribution in [0.4, 0.5) is 0 Å². The topological polar surface area (TPSA) is 73.7 Å². The lowest BCUT2D eigenvalue weighted by Gasteiger charge is -2.10. The summed E-state index contributed by atoms with van der Waals surface area (Å²) < 4.78 is 0. The summed E-state index contributed by atoms with van der Waals surface area (Å²) in [5.74, 6) is 0. The largest absolute Gasteiger partial charge is 0.314 e. The summed E-state index contributed by atoms with van der Waals surface area (Å²) in [5, 5.41) is 6.78. The van der Waals surface area contributed by atoms with Gasteiger partial charge in [0.2, 0.25) is 0 Å². The quantitative estimate of drug-likeness (QED) is 0.437. The maximum atomic E-state index is 8.14. The lowest BCUT2D eigenvalue weighted by molar-refractivity contribution is 0.558. The van der Waals surface area contributed by atoms with Crippen LogP contribution in [0.2, 0.25) is 0 Å². The monoisotopic (exact) mass is 205 g/mol. The number of nitrogens with one attached hydrogen (secondary N) is 1. The number of nitrogens with zero attached hydrogens (tertiary/aromatic N) is 4. The molecule has 1 N–H and O–H groups in total. The number of azide groups is 1. The van der Waals surface area contributed by atoms with Crippen molar-refractivity contribution in [3.63, 3.8) is 0 Å². The summed E-state index contributed by atoms with van der Waals surface area (Å²) in [7, 11) is 0. The summed E-state index contributed by atoms with van der Waals surface area (Å²) in [5.41, 5.74) is 9.35. The van der Waals surface area contributed by atoms with Gasteiger partial charge in [0, 0.05) is 29.9 Å². The van der Waals surface area contributed by atoms with Crippen molar-refractivity contribution in [1.29, 1.82) is 0 Å². The Bertz CT molecular complexity index is 318. The first kappa shape index (κ1) is 11.5. The molecule has 0 saturated carbocycles. The molecular weight excluding hydrogens is 190 g/mol. The average Bonchev–Trinajstić information content (AvgIpc) is 2.28. The third-order valence-electron chi connectivity index (χ3n) is 2.05. The molecule has 1 rings (SSSR count). The molecule has 0 fully saturated rings. The Morgan fingerprint density at radius 2 is 2.53 bits per heavy atom. The van der Waals surface area contributed by atoms with Crippen molar-refractivity contribution in [2.75, 3.05) is 13.1 Å². The Hall–Kier alpha value is -1.58. The zero-order valence-corrected chi connectivity index (χ0v) is 8.80. The Balaban J connectivity index is 2.19. The van der Waals surface area contributed by atoms with Crippen LogP contribution in [0.15, 0.2) is 29.6 Å². The van der Waals surface area contributed by atoms with E-state index >= 15 is 0 Å². The molecule has 1 heterocycles. The van der Waals surface area contributed by atoms with E-state index in [1.807, 2.05) is 25.3 Å². The fourth-order valence-electron chi connectivity index (χ4n) is 1.23. The van der Waals surface area contributed by atoms with Gasteiger partial charge in [-0.25, -0.2) is 0 Å². The smallest absolute Gasteiger partial charge is 0.0409 e. The molecule has 0 saturated heterocycles. The van der Waals surface area contributed by atoms with Crippen LogP contribution in [0.1, 0.15) is 12.5 Å². The van der Waals surface area contributed by atoms with Gasteiger partial charge in [0.05, 0.1) is 0 Å². The fraction of sp³-hybridized carbons (Fsp3) is 0.500. The molecule has 0 bridgehead atoms. The van der Waals surface area contributed by atoms with Crippen molar-refractivity contribution in [2.45, 2.75) is 19.4 Å². The maximum absolute atomic E-state index is 8.14. The minimum absolute atomic E-state index is 0.220. The number of hydrogen-bond acceptors (Lipinski definition) is 3. The van der Waals surface area contributed by atoms with Crippen LogP contribution >= 0.6 is 0 Å². The minimum atomic E-state index is 0.220. The van der Waals surface area contributed by atoms with Crippen molar-refractivity contribution in [1.82, 2.24) is 10.3 Å². The molecule has 0 amide bonds. The van der Waals surface area contributed by atoms with Crippen LogP contribution in [0.5, 0.6) is 0 Å². The predicted octanol–water partition coefficient (Wildman–Crippen LogP) is 1.91. The Kier molecular flexibility index (Phi) is 5.22. The van der Waals surface area contributed by atoms with Gasteiger partial charge in [0.1, 0.15) is 0 Å². The highest BCUT2D eigenvalue weighted by atomic mass is 15.1. The molecule has 1 aromatic heterocycles. The van der Waals surface area contributed by atoms with Gasteiger partial charge in [-0.05, 0) is 37.1 Å². The number of hydrogen-bond donors (Lipinski definition) is 1. The lowest BCUT2D eigenvalue weighted by atomic mass is 10.2. The normalized spacial score (nSPS) is 11.8. The molecule has 0 aliphatic heterocycles. The second-order valence-electron chi connectivity index (χ2n) is 3.38. The van der Waals surface area contributed by atoms with Gasteiger partial charge in [0.25, 0.3) is 0 Å². The molecule has 5 heteroatoms. The summed E-state index contributed by atoms with van der Waals surface area (Å²) in [6, 6.07) is 4.20. The molecule has 15 heavy (non-hydrogen) atoms. The van der Waals surface area contributed by atoms with Gasteiger partial charge >= 0.3 is 0 Å². The standard InChI is InChI=1S/C10H15N5/c1-9(7-14-15-11)13-6-4-10-3-2-5-12-8-10/h2-3,5,8-9,13H,4,6-7H2,1H3/t9-/m0/s1. The van der Waals surface area contributed by atoms with Crippen molar-refractivity contribution in [3.05, 3.63) is 40.5 Å². The highest BCUT2D eigenvalue weighted by molar-refractivity contribution is 5.08. The van der Waals surface area contributed by atoms with E-state index in [1.165, 1.54) is 5.56 Å². The van der Waals surface area contributed by atoms with Crippen LogP contribution in [-0.4, -0.2) is 24.1 Å². The van der Waals surface area contributed by atoms with Crippen LogP contribution < -0.4 is 5.32 Å². The molecule has 5 nitrogen and oxygen atoms in total. The van der Waals surface area contributed by atoms with E-state index in [-0.39, 0.29) is 6.04 Å². The Labute approximate surface area is 89.2 Å². The molecule has 0 radical (unpaired) electrons. The van der Waals surface area contributed by atoms with E-state index in [0.717, 1.165) is 13.0 Å². The fourth-order valence-corrected chi connectivity index (χ4v) is 1.23. The Morgan fingerprint density at radius 1 is 1.67 bits per heavy atom. The highest BCUT2D eigenvalue weighted by Crippen LogP contribution is 1.96. The van der Waals surface area contributed by atoms with Gasteiger partial charge in [-0.1, -0.05) is 11.2 Å². The highest BCUT2D eigenvalue weighted by Gasteiger charge is 1.98. The number of aromatic nitrogens is 1. The van der Waals surface area contributed by atoms with Crippen molar-refractivity contribution < 1.29 is 0 Å². The molecule has 0 unspecified atom stereocenters. The summed E-state index contributed by atoms with van der Waals surface area (Å²) in [4.78, 5) is 6.75. The van der Waals surface area contributed by atoms with Crippen LogP contribution in [0.3, 0.4) is 0 Å². The average molecular weight is 205 g/mol. The zero-order chi connectivity index (χ0) is 10.9. The maximum Gasteiger partial charge on any atom is 0.0409 e. The summed E-state index contributed by atoms with van der Waals surface area (Å²) in [6.45, 7) is 3.36. The van der Waals surface area contributed by atoms with E-state index < -0.39 is 0 Å². The first-order valence-corrected chi connectivity index (χ1v) is 4.96. The zero-order valence-electron chi connectivity index (χ0n) is 8.80. The first-order valence-electron chi connectivity index (χ1n) is 4.96. The van der Waals surface area contributed by atoms with Crippen LogP contribution in [0.25, 0.3) is 10.4 Å². The van der Waals surface area contributed by atoms with E-state index in [9.17, 15) is 0 Å². The number of rotatable bonds is 6. The summed E-state index contributed by atoms with van der Waals surface area (Å²) in [6.07, 6.45) is 4.56. The summed E-state index contributed by atoms with van der Waals surface area (Å²) >= 11 is 0. The van der Waals surface area contributed by atoms with Crippen molar-refractivity contribution in [2.24, 2.45) is 5.11 Å². The minimum Gasteiger partial charge on any atom is -0.314 e. The van der Waals surface area contributed by atoms with Crippen LogP contribution in [0, 0.1) is 0 Å². The SMILES string of the molecule is C[C@@H](CN=[N+]=[N-])NCCc1cccnc1. The Morgan fingerprint density at radius 3 is 3.20 bits per heavy atom. The number of pyridine rings is 1. The molecule has 0 aliphatic rings. The van der Waals surface area contributed by atoms with E-state index in [1.54, 1.807) is 6.20 Å². The van der Waals surface area contributed by atoms with Gasteiger partial charge in [0.15, 0.2) is 0 Å². The van der Waals surface area contributed by atoms with Gasteiger partial charge < -0.3 is 5.32 Å². The predicted molar refractivity (Wildman–Crippen MR) is 59.4 cm³/mol. The van der Waals surface area contributed by atoms with Gasteiger partial charge in [-0.15, -0.1) is 0 Å². The van der Waals surface area contributed by atoms with Crippen LogP contribution in [-0.2, 0) is 6.42 Å². The van der Waals surface area contributed by atoms with Gasteiger partial charge in [-0.2, -0.15) is 0 Å². The molecule has 80 valence electrons. The van der Waals surface area contributed by atoms with Crippen molar-refractivity contribution in [3.8, 4) is 0 Å². The third-order valence-corrected chi connectivity index (χ3v) is 2.05. The molecule has 0 aromatic carbocycles. The second-order valence-corrected chi connectivity index (χ2v) is 3.38. The molecule has 0 aliphatic carbocycles. The van der Waals surface area contributed by atoms with E-state index in [0.29, 0.717) is 6.54 Å². The van der Waals surface area contributed by atoms with E-state index in [2.05, 4.69) is 20.3 Å². The third kappa shape index (κ3) is 5.00. The molecular formula is C10H15N5. The second kappa shape index (κ2) is 6.81. The molecule has 1 atom stereocenters. The lowest BCUT2D eigenvalue weighted by Crippen LogP contribution is -2.30. The van der Waals surface area contributed by atoms with Crippen molar-refractivity contribution >= 4 is 0 Å².